The Balaban J connectivity index is 2.44. The zero-order valence-corrected chi connectivity index (χ0v) is 6.61. The van der Waals surface area contributed by atoms with Crippen LogP contribution in [0, 0.1) is 0 Å². The molecule has 0 aliphatic carbocycles. The van der Waals surface area contributed by atoms with Gasteiger partial charge in [-0.3, -0.25) is 0 Å². The molecule has 0 saturated carbocycles. The third-order valence-corrected chi connectivity index (χ3v) is 2.48. The number of nitrogens with two attached hydrogens (primary N) is 1. The Hall–Kier alpha value is -0.120. The molecule has 4 N–H and O–H groups in total. The third-order valence-electron chi connectivity index (χ3n) is 2.48. The van der Waals surface area contributed by atoms with Gasteiger partial charge in [-0.2, -0.15) is 0 Å². The van der Waals surface area contributed by atoms with E-state index in [0.29, 0.717) is 0 Å². The Morgan fingerprint density at radius 2 is 2.10 bits per heavy atom. The van der Waals surface area contributed by atoms with E-state index >= 15 is 0 Å². The van der Waals surface area contributed by atoms with Crippen molar-refractivity contribution in [1.82, 2.24) is 10.6 Å². The van der Waals surface area contributed by atoms with E-state index < -0.39 is 0 Å². The number of hydrogen-bond acceptors (Lipinski definition) is 3. The van der Waals surface area contributed by atoms with Crippen molar-refractivity contribution >= 4 is 0 Å². The predicted octanol–water partition coefficient (Wildman–Crippen LogP) is -0.713. The predicted molar refractivity (Wildman–Crippen MR) is 42.9 cm³/mol. The number of piperidine rings is 1. The van der Waals surface area contributed by atoms with Crippen molar-refractivity contribution < 1.29 is 0 Å². The Morgan fingerprint density at radius 1 is 1.50 bits per heavy atom. The highest BCUT2D eigenvalue weighted by Gasteiger charge is 2.27. The van der Waals surface area contributed by atoms with Gasteiger partial charge in [0.1, 0.15) is 0 Å². The highest BCUT2D eigenvalue weighted by atomic mass is 15.0. The quantitative estimate of drug-likeness (QED) is 0.478. The van der Waals surface area contributed by atoms with Crippen molar-refractivity contribution in [2.24, 2.45) is 5.73 Å². The largest absolute Gasteiger partial charge is 0.329 e. The van der Waals surface area contributed by atoms with E-state index in [9.17, 15) is 0 Å². The van der Waals surface area contributed by atoms with E-state index in [1.165, 1.54) is 0 Å². The monoisotopic (exact) mass is 143 g/mol. The van der Waals surface area contributed by atoms with Gasteiger partial charge in [-0.25, -0.2) is 0 Å². The van der Waals surface area contributed by atoms with Crippen LogP contribution in [-0.2, 0) is 0 Å². The first-order valence-electron chi connectivity index (χ1n) is 3.93. The van der Waals surface area contributed by atoms with Crippen molar-refractivity contribution in [2.75, 3.05) is 26.7 Å². The van der Waals surface area contributed by atoms with Crippen molar-refractivity contribution in [3.05, 3.63) is 0 Å². The lowest BCUT2D eigenvalue weighted by molar-refractivity contribution is 0.267. The zero-order valence-electron chi connectivity index (χ0n) is 6.61. The van der Waals surface area contributed by atoms with Gasteiger partial charge in [0.05, 0.1) is 0 Å². The molecular weight excluding hydrogens is 126 g/mol. The minimum Gasteiger partial charge on any atom is -0.329 e. The van der Waals surface area contributed by atoms with Crippen LogP contribution in [0.2, 0.25) is 0 Å². The third kappa shape index (κ3) is 1.48. The molecule has 0 spiro atoms. The summed E-state index contributed by atoms with van der Waals surface area (Å²) < 4.78 is 0. The van der Waals surface area contributed by atoms with E-state index in [1.807, 2.05) is 7.05 Å². The van der Waals surface area contributed by atoms with Crippen LogP contribution in [0.5, 0.6) is 0 Å². The number of nitrogens with one attached hydrogen (secondary N) is 2. The van der Waals surface area contributed by atoms with Gasteiger partial charge in [0.25, 0.3) is 0 Å². The summed E-state index contributed by atoms with van der Waals surface area (Å²) in [7, 11) is 2.00. The van der Waals surface area contributed by atoms with Crippen molar-refractivity contribution in [2.45, 2.75) is 18.4 Å². The standard InChI is InChI=1S/C7H17N3/c1-9-7(6-8)2-4-10-5-3-7/h9-10H,2-6,8H2,1H3. The molecule has 1 aliphatic heterocycles. The molecule has 0 aromatic rings. The molecule has 60 valence electrons. The van der Waals surface area contributed by atoms with Crippen LogP contribution in [0.1, 0.15) is 12.8 Å². The zero-order chi connectivity index (χ0) is 7.45. The van der Waals surface area contributed by atoms with Gasteiger partial charge in [0, 0.05) is 12.1 Å². The van der Waals surface area contributed by atoms with Crippen LogP contribution < -0.4 is 16.4 Å². The average molecular weight is 143 g/mol. The highest BCUT2D eigenvalue weighted by Crippen LogP contribution is 2.15. The second-order valence-corrected chi connectivity index (χ2v) is 2.98. The molecule has 1 saturated heterocycles. The number of hydrogen-bond donors (Lipinski definition) is 3. The van der Waals surface area contributed by atoms with Crippen molar-refractivity contribution in [1.29, 1.82) is 0 Å². The molecule has 0 bridgehead atoms. The smallest absolute Gasteiger partial charge is 0.0325 e. The van der Waals surface area contributed by atoms with Gasteiger partial charge in [-0.05, 0) is 33.0 Å². The van der Waals surface area contributed by atoms with Crippen LogP contribution in [0.25, 0.3) is 0 Å². The van der Waals surface area contributed by atoms with Crippen LogP contribution in [-0.4, -0.2) is 32.2 Å². The average Bonchev–Trinajstić information content (AvgIpc) is 2.06. The minimum atomic E-state index is 0.227. The molecule has 0 amide bonds. The van der Waals surface area contributed by atoms with Crippen LogP contribution in [0.4, 0.5) is 0 Å². The van der Waals surface area contributed by atoms with Crippen LogP contribution in [0.3, 0.4) is 0 Å². The lowest BCUT2D eigenvalue weighted by atomic mass is 9.89. The lowest BCUT2D eigenvalue weighted by Gasteiger charge is -2.36. The fraction of sp³-hybridized carbons (Fsp3) is 1.00. The lowest BCUT2D eigenvalue weighted by Crippen LogP contribution is -2.55. The van der Waals surface area contributed by atoms with Gasteiger partial charge in [-0.15, -0.1) is 0 Å². The molecule has 3 nitrogen and oxygen atoms in total. The number of likely N-dealkylation sites (N-methyl/N-ethyl adjacent to an activating group) is 1. The molecule has 0 aromatic carbocycles. The summed E-state index contributed by atoms with van der Waals surface area (Å²) in [4.78, 5) is 0. The summed E-state index contributed by atoms with van der Waals surface area (Å²) in [6.07, 6.45) is 2.31. The van der Waals surface area contributed by atoms with Crippen LogP contribution in [0.15, 0.2) is 0 Å². The first-order valence-corrected chi connectivity index (χ1v) is 3.93. The Morgan fingerprint density at radius 3 is 2.40 bits per heavy atom. The Kier molecular flexibility index (Phi) is 2.65. The van der Waals surface area contributed by atoms with Gasteiger partial charge >= 0.3 is 0 Å². The van der Waals surface area contributed by atoms with Gasteiger partial charge in [0.15, 0.2) is 0 Å². The Bertz CT molecular complexity index is 91.0. The molecule has 1 heterocycles. The maximum Gasteiger partial charge on any atom is 0.0325 e. The molecule has 0 unspecified atom stereocenters. The highest BCUT2D eigenvalue weighted by molar-refractivity contribution is 4.91. The van der Waals surface area contributed by atoms with Gasteiger partial charge < -0.3 is 16.4 Å². The topological polar surface area (TPSA) is 50.1 Å². The fourth-order valence-electron chi connectivity index (χ4n) is 1.46. The van der Waals surface area contributed by atoms with E-state index in [-0.39, 0.29) is 5.54 Å². The summed E-state index contributed by atoms with van der Waals surface area (Å²) in [6.45, 7) is 2.95. The SMILES string of the molecule is CNC1(CN)CCNCC1. The van der Waals surface area contributed by atoms with Crippen molar-refractivity contribution in [3.63, 3.8) is 0 Å². The summed E-state index contributed by atoms with van der Waals surface area (Å²) in [6, 6.07) is 0. The fourth-order valence-corrected chi connectivity index (χ4v) is 1.46. The molecule has 0 radical (unpaired) electrons. The summed E-state index contributed by atoms with van der Waals surface area (Å²) in [5, 5.41) is 6.61. The molecule has 0 aromatic heterocycles. The molecule has 1 fully saturated rings. The maximum atomic E-state index is 5.66. The number of rotatable bonds is 2. The van der Waals surface area contributed by atoms with Crippen molar-refractivity contribution in [3.8, 4) is 0 Å². The molecule has 1 aliphatic rings. The van der Waals surface area contributed by atoms with Gasteiger partial charge in [-0.1, -0.05) is 0 Å². The maximum absolute atomic E-state index is 5.66. The molecular formula is C7H17N3. The molecule has 10 heavy (non-hydrogen) atoms. The van der Waals surface area contributed by atoms with Gasteiger partial charge in [0.2, 0.25) is 0 Å². The van der Waals surface area contributed by atoms with Crippen LogP contribution >= 0.6 is 0 Å². The summed E-state index contributed by atoms with van der Waals surface area (Å²) in [5.74, 6) is 0. The van der Waals surface area contributed by atoms with E-state index in [1.54, 1.807) is 0 Å². The van der Waals surface area contributed by atoms with E-state index in [2.05, 4.69) is 10.6 Å². The van der Waals surface area contributed by atoms with E-state index in [0.717, 1.165) is 32.5 Å². The first kappa shape index (κ1) is 7.98. The molecule has 0 atom stereocenters. The molecule has 1 rings (SSSR count). The first-order chi connectivity index (χ1) is 4.83. The second-order valence-electron chi connectivity index (χ2n) is 2.98. The van der Waals surface area contributed by atoms with E-state index in [4.69, 9.17) is 5.73 Å². The second kappa shape index (κ2) is 3.32. The summed E-state index contributed by atoms with van der Waals surface area (Å²) in [5.41, 5.74) is 5.89. The minimum absolute atomic E-state index is 0.227. The Labute approximate surface area is 62.4 Å². The molecule has 3 heteroatoms. The normalized spacial score (nSPS) is 24.6. The summed E-state index contributed by atoms with van der Waals surface area (Å²) >= 11 is 0.